The van der Waals surface area contributed by atoms with Gasteiger partial charge in [-0.05, 0) is 63.6 Å². The zero-order chi connectivity index (χ0) is 27.4. The van der Waals surface area contributed by atoms with Crippen molar-refractivity contribution in [2.24, 2.45) is 5.92 Å². The lowest BCUT2D eigenvalue weighted by molar-refractivity contribution is 0.0183. The Kier molecular flexibility index (Phi) is 7.88. The largest absolute Gasteiger partial charge is 0.444 e. The van der Waals surface area contributed by atoms with Crippen LogP contribution >= 0.6 is 0 Å². The molecule has 2 aromatic heterocycles. The second-order valence-corrected chi connectivity index (χ2v) is 10.4. The van der Waals surface area contributed by atoms with Crippen molar-refractivity contribution in [1.82, 2.24) is 35.1 Å². The van der Waals surface area contributed by atoms with Crippen molar-refractivity contribution in [3.63, 3.8) is 0 Å². The number of halogens is 1. The predicted molar refractivity (Wildman–Crippen MR) is 136 cm³/mol. The predicted octanol–water partition coefficient (Wildman–Crippen LogP) is 2.88. The average Bonchev–Trinajstić information content (AvgIpc) is 3.35. The van der Waals surface area contributed by atoms with Gasteiger partial charge in [-0.15, -0.1) is 0 Å². The third-order valence-electron chi connectivity index (χ3n) is 6.21. The summed E-state index contributed by atoms with van der Waals surface area (Å²) in [5.74, 6) is -0.927. The molecule has 4 rings (SSSR count). The molecule has 1 fully saturated rings. The van der Waals surface area contributed by atoms with E-state index in [1.54, 1.807) is 24.0 Å². The SMILES string of the molecule is Cc1cc(CNC(=O)c2cc(C(=O)NCC3CCN(C(=O)OC(C)(C)C)CC3)n3ncnc3n2)ccc1F. The first-order valence-corrected chi connectivity index (χ1v) is 12.5. The van der Waals surface area contributed by atoms with Gasteiger partial charge in [0.2, 0.25) is 0 Å². The van der Waals surface area contributed by atoms with Gasteiger partial charge in [0, 0.05) is 32.2 Å². The van der Waals surface area contributed by atoms with E-state index in [2.05, 4.69) is 25.7 Å². The van der Waals surface area contributed by atoms with Gasteiger partial charge in [-0.2, -0.15) is 14.6 Å². The minimum absolute atomic E-state index is 0.0140. The Morgan fingerprint density at radius 1 is 1.11 bits per heavy atom. The Balaban J connectivity index is 1.36. The zero-order valence-electron chi connectivity index (χ0n) is 22.0. The number of nitrogens with zero attached hydrogens (tertiary/aromatic N) is 5. The highest BCUT2D eigenvalue weighted by Crippen LogP contribution is 2.19. The number of aryl methyl sites for hydroxylation is 1. The summed E-state index contributed by atoms with van der Waals surface area (Å²) in [6, 6.07) is 5.96. The smallest absolute Gasteiger partial charge is 0.410 e. The van der Waals surface area contributed by atoms with Crippen LogP contribution in [0.2, 0.25) is 0 Å². The molecule has 1 aromatic carbocycles. The van der Waals surface area contributed by atoms with Gasteiger partial charge >= 0.3 is 6.09 Å². The van der Waals surface area contributed by atoms with E-state index in [0.29, 0.717) is 25.2 Å². The van der Waals surface area contributed by atoms with E-state index in [9.17, 15) is 18.8 Å². The third-order valence-corrected chi connectivity index (χ3v) is 6.21. The van der Waals surface area contributed by atoms with Crippen LogP contribution in [-0.4, -0.2) is 67.6 Å². The molecule has 202 valence electrons. The summed E-state index contributed by atoms with van der Waals surface area (Å²) in [5, 5.41) is 9.71. The van der Waals surface area contributed by atoms with E-state index < -0.39 is 17.4 Å². The number of hydrogen-bond donors (Lipinski definition) is 2. The van der Waals surface area contributed by atoms with Crippen molar-refractivity contribution in [3.05, 3.63) is 58.9 Å². The van der Waals surface area contributed by atoms with E-state index in [1.165, 1.54) is 23.0 Å². The number of piperidine rings is 1. The molecule has 1 aliphatic heterocycles. The fourth-order valence-corrected chi connectivity index (χ4v) is 4.15. The molecule has 3 amide bonds. The number of nitrogens with one attached hydrogen (secondary N) is 2. The first-order chi connectivity index (χ1) is 18.0. The summed E-state index contributed by atoms with van der Waals surface area (Å²) in [6.45, 7) is 8.83. The van der Waals surface area contributed by atoms with Crippen LogP contribution in [0.15, 0.2) is 30.6 Å². The van der Waals surface area contributed by atoms with Crippen LogP contribution in [0.5, 0.6) is 0 Å². The van der Waals surface area contributed by atoms with E-state index in [-0.39, 0.29) is 41.5 Å². The van der Waals surface area contributed by atoms with Gasteiger partial charge in [0.1, 0.15) is 29.1 Å². The van der Waals surface area contributed by atoms with Gasteiger partial charge < -0.3 is 20.3 Å². The average molecular weight is 526 g/mol. The minimum atomic E-state index is -0.547. The van der Waals surface area contributed by atoms with Crippen LogP contribution in [0.3, 0.4) is 0 Å². The van der Waals surface area contributed by atoms with Gasteiger partial charge in [-0.1, -0.05) is 12.1 Å². The maximum absolute atomic E-state index is 13.5. The molecule has 3 heterocycles. The number of ether oxygens (including phenoxy) is 1. The Morgan fingerprint density at radius 2 is 1.84 bits per heavy atom. The van der Waals surface area contributed by atoms with Crippen LogP contribution in [0, 0.1) is 18.7 Å². The lowest BCUT2D eigenvalue weighted by atomic mass is 9.97. The maximum atomic E-state index is 13.5. The quantitative estimate of drug-likeness (QED) is 0.506. The normalized spacial score (nSPS) is 14.4. The molecule has 1 aliphatic rings. The van der Waals surface area contributed by atoms with Gasteiger partial charge in [0.25, 0.3) is 17.6 Å². The highest BCUT2D eigenvalue weighted by molar-refractivity contribution is 5.98. The van der Waals surface area contributed by atoms with Crippen molar-refractivity contribution in [3.8, 4) is 0 Å². The number of hydrogen-bond acceptors (Lipinski definition) is 7. The molecule has 2 N–H and O–H groups in total. The summed E-state index contributed by atoms with van der Waals surface area (Å²) in [4.78, 5) is 48.1. The van der Waals surface area contributed by atoms with Gasteiger partial charge in [0.05, 0.1) is 0 Å². The summed E-state index contributed by atoms with van der Waals surface area (Å²) in [6.07, 6.45) is 2.38. The standard InChI is InChI=1S/C26H32FN7O4/c1-16-11-18(5-6-19(16)27)14-28-22(35)20-12-21(34-24(32-20)30-15-31-34)23(36)29-13-17-7-9-33(10-8-17)25(37)38-26(2,3)4/h5-6,11-12,15,17H,7-10,13-14H2,1-4H3,(H,28,35)(H,29,36). The number of likely N-dealkylation sites (tertiary alicyclic amines) is 1. The molecule has 3 aromatic rings. The minimum Gasteiger partial charge on any atom is -0.444 e. The van der Waals surface area contributed by atoms with E-state index in [4.69, 9.17) is 4.74 Å². The Labute approximate surface area is 219 Å². The van der Waals surface area contributed by atoms with Crippen molar-refractivity contribution >= 4 is 23.7 Å². The monoisotopic (exact) mass is 525 g/mol. The second kappa shape index (κ2) is 11.1. The number of fused-ring (bicyclic) bond motifs is 1. The fourth-order valence-electron chi connectivity index (χ4n) is 4.15. The number of benzene rings is 1. The molecule has 0 aliphatic carbocycles. The third kappa shape index (κ3) is 6.61. The Bertz CT molecular complexity index is 1340. The van der Waals surface area contributed by atoms with Crippen molar-refractivity contribution in [2.45, 2.75) is 52.7 Å². The molecule has 0 atom stereocenters. The zero-order valence-corrected chi connectivity index (χ0v) is 22.0. The van der Waals surface area contributed by atoms with Crippen LogP contribution < -0.4 is 10.6 Å². The first-order valence-electron chi connectivity index (χ1n) is 12.5. The highest BCUT2D eigenvalue weighted by Gasteiger charge is 2.27. The van der Waals surface area contributed by atoms with Crippen molar-refractivity contribution in [2.75, 3.05) is 19.6 Å². The van der Waals surface area contributed by atoms with E-state index in [0.717, 1.165) is 18.4 Å². The number of carbonyl (C=O) groups is 3. The first kappa shape index (κ1) is 27.0. The summed E-state index contributed by atoms with van der Waals surface area (Å²) in [7, 11) is 0. The number of aromatic nitrogens is 4. The molecular formula is C26H32FN7O4. The van der Waals surface area contributed by atoms with Gasteiger partial charge in [-0.25, -0.2) is 14.2 Å². The lowest BCUT2D eigenvalue weighted by Crippen LogP contribution is -2.43. The van der Waals surface area contributed by atoms with Crippen molar-refractivity contribution < 1.29 is 23.5 Å². The van der Waals surface area contributed by atoms with Crippen molar-refractivity contribution in [1.29, 1.82) is 0 Å². The van der Waals surface area contributed by atoms with Crippen LogP contribution in [0.1, 0.15) is 65.7 Å². The van der Waals surface area contributed by atoms with E-state index in [1.807, 2.05) is 20.8 Å². The molecule has 0 saturated carbocycles. The molecule has 0 spiro atoms. The number of rotatable bonds is 6. The van der Waals surface area contributed by atoms with Gasteiger partial charge in [-0.3, -0.25) is 9.59 Å². The van der Waals surface area contributed by atoms with Crippen LogP contribution in [-0.2, 0) is 11.3 Å². The number of carbonyl (C=O) groups excluding carboxylic acids is 3. The summed E-state index contributed by atoms with van der Waals surface area (Å²) < 4.78 is 20.2. The molecule has 0 bridgehead atoms. The summed E-state index contributed by atoms with van der Waals surface area (Å²) >= 11 is 0. The van der Waals surface area contributed by atoms with Crippen LogP contribution in [0.4, 0.5) is 9.18 Å². The maximum Gasteiger partial charge on any atom is 0.410 e. The molecule has 11 nitrogen and oxygen atoms in total. The van der Waals surface area contributed by atoms with Crippen LogP contribution in [0.25, 0.3) is 5.78 Å². The van der Waals surface area contributed by atoms with E-state index >= 15 is 0 Å². The molecule has 38 heavy (non-hydrogen) atoms. The second-order valence-electron chi connectivity index (χ2n) is 10.4. The number of amides is 3. The fraction of sp³-hybridized carbons (Fsp3) is 0.462. The van der Waals surface area contributed by atoms with Gasteiger partial charge in [0.15, 0.2) is 0 Å². The summed E-state index contributed by atoms with van der Waals surface area (Å²) in [5.41, 5.74) is 0.807. The Morgan fingerprint density at radius 3 is 2.53 bits per heavy atom. The topological polar surface area (TPSA) is 131 Å². The molecular weight excluding hydrogens is 493 g/mol. The molecule has 0 radical (unpaired) electrons. The Hall–Kier alpha value is -4.09. The molecule has 12 heteroatoms. The molecule has 0 unspecified atom stereocenters. The molecule has 1 saturated heterocycles. The highest BCUT2D eigenvalue weighted by atomic mass is 19.1. The lowest BCUT2D eigenvalue weighted by Gasteiger charge is -2.33.